The smallest absolute Gasteiger partial charge is 0.358 e. The number of carboxylic acids is 1. The lowest BCUT2D eigenvalue weighted by atomic mass is 10.1. The molecule has 0 fully saturated rings. The summed E-state index contributed by atoms with van der Waals surface area (Å²) in [5.74, 6) is -1.16. The van der Waals surface area contributed by atoms with Gasteiger partial charge in [-0.2, -0.15) is 5.10 Å². The Bertz CT molecular complexity index is 593. The Labute approximate surface area is 107 Å². The number of aromatic carboxylic acids is 1. The van der Waals surface area contributed by atoms with E-state index < -0.39 is 5.97 Å². The van der Waals surface area contributed by atoms with Crippen LogP contribution in [-0.4, -0.2) is 20.9 Å². The third-order valence-corrected chi connectivity index (χ3v) is 3.01. The van der Waals surface area contributed by atoms with Crippen molar-refractivity contribution in [3.63, 3.8) is 0 Å². The van der Waals surface area contributed by atoms with Crippen molar-refractivity contribution in [3.05, 3.63) is 40.0 Å². The van der Waals surface area contributed by atoms with Crippen molar-refractivity contribution in [1.29, 1.82) is 0 Å². The van der Waals surface area contributed by atoms with E-state index in [1.54, 1.807) is 31.3 Å². The molecule has 0 saturated carbocycles. The summed E-state index contributed by atoms with van der Waals surface area (Å²) in [6.45, 7) is 0. The maximum atomic E-state index is 10.9. The summed E-state index contributed by atoms with van der Waals surface area (Å²) in [5, 5.41) is 13.4. The van der Waals surface area contributed by atoms with E-state index in [0.29, 0.717) is 16.3 Å². The van der Waals surface area contributed by atoms with Crippen LogP contribution in [0.2, 0.25) is 10.0 Å². The van der Waals surface area contributed by atoms with Crippen LogP contribution in [0.15, 0.2) is 24.3 Å². The predicted octanol–water partition coefficient (Wildman–Crippen LogP) is 3.09. The van der Waals surface area contributed by atoms with Gasteiger partial charge >= 0.3 is 5.97 Å². The van der Waals surface area contributed by atoms with Crippen LogP contribution in [0.4, 0.5) is 0 Å². The minimum absolute atomic E-state index is 0.0908. The SMILES string of the molecule is Cn1nc(C(=O)O)c(Cl)c1-c1ccccc1Cl. The minimum atomic E-state index is -1.16. The molecule has 0 aliphatic heterocycles. The van der Waals surface area contributed by atoms with Gasteiger partial charge in [0.15, 0.2) is 5.69 Å². The van der Waals surface area contributed by atoms with Gasteiger partial charge in [0.05, 0.1) is 5.69 Å². The van der Waals surface area contributed by atoms with Crippen LogP contribution in [0.3, 0.4) is 0 Å². The van der Waals surface area contributed by atoms with Gasteiger partial charge in [0.1, 0.15) is 5.02 Å². The van der Waals surface area contributed by atoms with E-state index in [4.69, 9.17) is 28.3 Å². The van der Waals surface area contributed by atoms with Gasteiger partial charge in [0, 0.05) is 17.6 Å². The number of carboxylic acid groups (broad SMARTS) is 1. The molecular formula is C11H8Cl2N2O2. The van der Waals surface area contributed by atoms with Gasteiger partial charge < -0.3 is 5.11 Å². The van der Waals surface area contributed by atoms with Crippen molar-refractivity contribution in [1.82, 2.24) is 9.78 Å². The molecule has 1 N–H and O–H groups in total. The molecule has 0 aliphatic rings. The van der Waals surface area contributed by atoms with E-state index in [0.717, 1.165) is 0 Å². The van der Waals surface area contributed by atoms with Crippen molar-refractivity contribution >= 4 is 29.2 Å². The second kappa shape index (κ2) is 4.39. The van der Waals surface area contributed by atoms with Crippen LogP contribution in [0.1, 0.15) is 10.5 Å². The molecule has 0 saturated heterocycles. The molecule has 2 aromatic rings. The first-order valence-electron chi connectivity index (χ1n) is 4.73. The molecule has 88 valence electrons. The molecule has 1 heterocycles. The van der Waals surface area contributed by atoms with Crippen molar-refractivity contribution in [3.8, 4) is 11.3 Å². The third-order valence-electron chi connectivity index (χ3n) is 2.32. The maximum absolute atomic E-state index is 10.9. The molecule has 0 bridgehead atoms. The number of hydrogen-bond donors (Lipinski definition) is 1. The Morgan fingerprint density at radius 1 is 1.35 bits per heavy atom. The molecule has 2 rings (SSSR count). The number of hydrogen-bond acceptors (Lipinski definition) is 2. The zero-order valence-electron chi connectivity index (χ0n) is 8.82. The average molecular weight is 271 g/mol. The molecule has 0 unspecified atom stereocenters. The molecule has 1 aromatic carbocycles. The second-order valence-electron chi connectivity index (χ2n) is 3.42. The monoisotopic (exact) mass is 270 g/mol. The Morgan fingerprint density at radius 2 is 2.00 bits per heavy atom. The van der Waals surface area contributed by atoms with Crippen LogP contribution in [0.5, 0.6) is 0 Å². The number of halogens is 2. The topological polar surface area (TPSA) is 55.1 Å². The lowest BCUT2D eigenvalue weighted by Crippen LogP contribution is -1.99. The Hall–Kier alpha value is -1.52. The second-order valence-corrected chi connectivity index (χ2v) is 4.20. The quantitative estimate of drug-likeness (QED) is 0.913. The summed E-state index contributed by atoms with van der Waals surface area (Å²) >= 11 is 12.1. The summed E-state index contributed by atoms with van der Waals surface area (Å²) in [6, 6.07) is 7.05. The Kier molecular flexibility index (Phi) is 3.09. The first kappa shape index (κ1) is 12.0. The standard InChI is InChI=1S/C11H8Cl2N2O2/c1-15-10(6-4-2-3-5-7(6)12)8(13)9(14-15)11(16)17/h2-5H,1H3,(H,16,17). The van der Waals surface area contributed by atoms with Crippen molar-refractivity contribution in [2.45, 2.75) is 0 Å². The number of aromatic nitrogens is 2. The first-order chi connectivity index (χ1) is 8.02. The van der Waals surface area contributed by atoms with Crippen molar-refractivity contribution < 1.29 is 9.90 Å². The highest BCUT2D eigenvalue weighted by Gasteiger charge is 2.21. The molecule has 6 heteroatoms. The van der Waals surface area contributed by atoms with Crippen LogP contribution < -0.4 is 0 Å². The molecule has 0 amide bonds. The van der Waals surface area contributed by atoms with Gasteiger partial charge in [0.2, 0.25) is 0 Å². The van der Waals surface area contributed by atoms with Crippen LogP contribution >= 0.6 is 23.2 Å². The van der Waals surface area contributed by atoms with E-state index in [1.165, 1.54) is 4.68 Å². The van der Waals surface area contributed by atoms with Crippen molar-refractivity contribution in [2.24, 2.45) is 7.05 Å². The van der Waals surface area contributed by atoms with Crippen LogP contribution in [0.25, 0.3) is 11.3 Å². The molecule has 17 heavy (non-hydrogen) atoms. The zero-order chi connectivity index (χ0) is 12.6. The largest absolute Gasteiger partial charge is 0.476 e. The van der Waals surface area contributed by atoms with E-state index in [-0.39, 0.29) is 10.7 Å². The summed E-state index contributed by atoms with van der Waals surface area (Å²) in [7, 11) is 1.62. The molecule has 1 aromatic heterocycles. The van der Waals surface area contributed by atoms with Gasteiger partial charge in [-0.05, 0) is 6.07 Å². The summed E-state index contributed by atoms with van der Waals surface area (Å²) in [5.41, 5.74) is 0.973. The van der Waals surface area contributed by atoms with Crippen LogP contribution in [0, 0.1) is 0 Å². The van der Waals surface area contributed by atoms with E-state index in [2.05, 4.69) is 5.10 Å². The van der Waals surface area contributed by atoms with Crippen LogP contribution in [-0.2, 0) is 7.05 Å². The number of benzene rings is 1. The van der Waals surface area contributed by atoms with E-state index in [1.807, 2.05) is 0 Å². The molecule has 4 nitrogen and oxygen atoms in total. The fourth-order valence-corrected chi connectivity index (χ4v) is 2.15. The Balaban J connectivity index is 2.69. The minimum Gasteiger partial charge on any atom is -0.476 e. The average Bonchev–Trinajstić information content (AvgIpc) is 2.56. The summed E-state index contributed by atoms with van der Waals surface area (Å²) in [6.07, 6.45) is 0. The lowest BCUT2D eigenvalue weighted by molar-refractivity contribution is 0.0690. The number of carbonyl (C=O) groups is 1. The summed E-state index contributed by atoms with van der Waals surface area (Å²) in [4.78, 5) is 10.9. The van der Waals surface area contributed by atoms with Gasteiger partial charge in [0.25, 0.3) is 0 Å². The van der Waals surface area contributed by atoms with Gasteiger partial charge in [-0.15, -0.1) is 0 Å². The highest BCUT2D eigenvalue weighted by Crippen LogP contribution is 2.34. The summed E-state index contributed by atoms with van der Waals surface area (Å²) < 4.78 is 1.41. The first-order valence-corrected chi connectivity index (χ1v) is 5.48. The van der Waals surface area contributed by atoms with Crippen molar-refractivity contribution in [2.75, 3.05) is 0 Å². The molecule has 0 aliphatic carbocycles. The van der Waals surface area contributed by atoms with Gasteiger partial charge in [-0.25, -0.2) is 4.79 Å². The Morgan fingerprint density at radius 3 is 2.53 bits per heavy atom. The molecule has 0 radical (unpaired) electrons. The maximum Gasteiger partial charge on any atom is 0.358 e. The number of rotatable bonds is 2. The number of aryl methyl sites for hydroxylation is 1. The van der Waals surface area contributed by atoms with E-state index in [9.17, 15) is 4.79 Å². The number of nitrogens with zero attached hydrogens (tertiary/aromatic N) is 2. The lowest BCUT2D eigenvalue weighted by Gasteiger charge is -2.04. The fraction of sp³-hybridized carbons (Fsp3) is 0.0909. The normalized spacial score (nSPS) is 10.5. The molecule has 0 spiro atoms. The third kappa shape index (κ3) is 2.01. The highest BCUT2D eigenvalue weighted by atomic mass is 35.5. The molecular weight excluding hydrogens is 263 g/mol. The fourth-order valence-electron chi connectivity index (χ4n) is 1.58. The van der Waals surface area contributed by atoms with Gasteiger partial charge in [-0.1, -0.05) is 41.4 Å². The predicted molar refractivity (Wildman–Crippen MR) is 65.6 cm³/mol. The highest BCUT2D eigenvalue weighted by molar-refractivity contribution is 6.37. The zero-order valence-corrected chi connectivity index (χ0v) is 10.3. The van der Waals surface area contributed by atoms with Gasteiger partial charge in [-0.3, -0.25) is 4.68 Å². The van der Waals surface area contributed by atoms with E-state index >= 15 is 0 Å². The molecule has 0 atom stereocenters.